The molecular weight excluding hydrogens is 341 g/mol. The summed E-state index contributed by atoms with van der Waals surface area (Å²) < 4.78 is 18.8. The predicted octanol–water partition coefficient (Wildman–Crippen LogP) is 3.84. The number of thiazole rings is 1. The smallest absolute Gasteiger partial charge is 0.262 e. The molecule has 1 aliphatic rings. The van der Waals surface area contributed by atoms with Crippen LogP contribution in [0, 0.1) is 12.7 Å². The number of carbonyl (C=O) groups excluding carboxylic acids is 1. The third-order valence-corrected chi connectivity index (χ3v) is 4.96. The van der Waals surface area contributed by atoms with Crippen LogP contribution >= 0.6 is 11.3 Å². The van der Waals surface area contributed by atoms with Gasteiger partial charge in [-0.05, 0) is 42.8 Å². The van der Waals surface area contributed by atoms with Gasteiger partial charge in [0, 0.05) is 16.5 Å². The Hall–Kier alpha value is -2.93. The van der Waals surface area contributed by atoms with Crippen molar-refractivity contribution >= 4 is 28.6 Å². The highest BCUT2D eigenvalue weighted by Gasteiger charge is 2.21. The third-order valence-electron chi connectivity index (χ3n) is 4.07. The first kappa shape index (κ1) is 15.6. The molecule has 0 atom stereocenters. The van der Waals surface area contributed by atoms with Crippen molar-refractivity contribution in [1.82, 2.24) is 4.98 Å². The summed E-state index contributed by atoms with van der Waals surface area (Å²) in [6.07, 6.45) is 0. The van der Waals surface area contributed by atoms with Gasteiger partial charge in [-0.15, -0.1) is 11.3 Å². The number of rotatable bonds is 2. The number of aromatic nitrogens is 1. The van der Waals surface area contributed by atoms with E-state index in [1.165, 1.54) is 17.4 Å². The van der Waals surface area contributed by atoms with Crippen molar-refractivity contribution < 1.29 is 13.9 Å². The van der Waals surface area contributed by atoms with Crippen molar-refractivity contribution in [3.05, 3.63) is 47.1 Å². The summed E-state index contributed by atoms with van der Waals surface area (Å²) in [5.41, 5.74) is 9.75. The van der Waals surface area contributed by atoms with Crippen LogP contribution < -0.4 is 15.8 Å². The lowest BCUT2D eigenvalue weighted by Gasteiger charge is -2.21. The molecule has 126 valence electrons. The first-order valence-electron chi connectivity index (χ1n) is 7.60. The van der Waals surface area contributed by atoms with Gasteiger partial charge in [0.1, 0.15) is 16.6 Å². The normalized spacial score (nSPS) is 13.1. The lowest BCUT2D eigenvalue weighted by Crippen LogP contribution is -2.26. The van der Waals surface area contributed by atoms with Gasteiger partial charge in [-0.1, -0.05) is 0 Å². The van der Waals surface area contributed by atoms with Crippen LogP contribution in [0.25, 0.3) is 21.8 Å². The Kier molecular flexibility index (Phi) is 3.65. The minimum Gasteiger partial charge on any atom is -0.482 e. The number of hydrogen-bond acceptors (Lipinski definition) is 5. The molecule has 0 aliphatic carbocycles. The van der Waals surface area contributed by atoms with Crippen LogP contribution in [0.1, 0.15) is 5.56 Å². The molecule has 1 aliphatic heterocycles. The Morgan fingerprint density at radius 3 is 2.96 bits per heavy atom. The van der Waals surface area contributed by atoms with Gasteiger partial charge in [-0.25, -0.2) is 9.37 Å². The van der Waals surface area contributed by atoms with Crippen LogP contribution in [0.15, 0.2) is 35.7 Å². The molecule has 5 nitrogen and oxygen atoms in total. The topological polar surface area (TPSA) is 77.2 Å². The summed E-state index contributed by atoms with van der Waals surface area (Å²) in [6.45, 7) is 1.94. The van der Waals surface area contributed by atoms with Gasteiger partial charge in [0.25, 0.3) is 5.91 Å². The zero-order valence-electron chi connectivity index (χ0n) is 13.3. The molecule has 25 heavy (non-hydrogen) atoms. The molecular formula is C18H14FN3O2S. The second-order valence-electron chi connectivity index (χ2n) is 5.72. The molecule has 0 unspecified atom stereocenters. The number of hydrogen-bond donors (Lipinski definition) is 2. The van der Waals surface area contributed by atoms with Crippen molar-refractivity contribution in [2.24, 2.45) is 0 Å². The molecule has 0 fully saturated rings. The quantitative estimate of drug-likeness (QED) is 0.685. The Bertz CT molecular complexity index is 1000. The average molecular weight is 355 g/mol. The number of benzene rings is 2. The Morgan fingerprint density at radius 1 is 1.32 bits per heavy atom. The van der Waals surface area contributed by atoms with Gasteiger partial charge in [0.05, 0.1) is 17.1 Å². The van der Waals surface area contributed by atoms with E-state index < -0.39 is 5.82 Å². The lowest BCUT2D eigenvalue weighted by molar-refractivity contribution is -0.118. The van der Waals surface area contributed by atoms with Gasteiger partial charge >= 0.3 is 0 Å². The van der Waals surface area contributed by atoms with E-state index in [9.17, 15) is 9.18 Å². The lowest BCUT2D eigenvalue weighted by atomic mass is 10.0. The van der Waals surface area contributed by atoms with E-state index in [-0.39, 0.29) is 18.2 Å². The number of nitrogens with zero attached hydrogens (tertiary/aromatic N) is 1. The molecule has 4 rings (SSSR count). The summed E-state index contributed by atoms with van der Waals surface area (Å²) in [5, 5.41) is 5.52. The standard InChI is InChI=1S/C18H14FN3O2S/c1-9-11(3-5-15-17(9)22-16(23)7-24-15)14-8-25-18(21-14)10-2-4-12(19)13(20)6-10/h2-6,8H,7,20H2,1H3,(H,22,23). The third kappa shape index (κ3) is 2.72. The molecule has 0 bridgehead atoms. The minimum absolute atomic E-state index is 0.0264. The van der Waals surface area contributed by atoms with E-state index in [4.69, 9.17) is 10.5 Å². The summed E-state index contributed by atoms with van der Waals surface area (Å²) >= 11 is 1.45. The summed E-state index contributed by atoms with van der Waals surface area (Å²) in [5.74, 6) is 0.0397. The molecule has 0 saturated heterocycles. The van der Waals surface area contributed by atoms with Crippen molar-refractivity contribution in [2.45, 2.75) is 6.92 Å². The van der Waals surface area contributed by atoms with Gasteiger partial charge in [0.15, 0.2) is 6.61 Å². The number of anilines is 2. The Morgan fingerprint density at radius 2 is 2.16 bits per heavy atom. The first-order chi connectivity index (χ1) is 12.0. The number of halogens is 1. The molecule has 0 saturated carbocycles. The Balaban J connectivity index is 1.74. The van der Waals surface area contributed by atoms with Crippen molar-refractivity contribution in [1.29, 1.82) is 0 Å². The number of nitrogens with two attached hydrogens (primary N) is 1. The molecule has 7 heteroatoms. The fourth-order valence-electron chi connectivity index (χ4n) is 2.77. The molecule has 0 spiro atoms. The highest BCUT2D eigenvalue weighted by Crippen LogP contribution is 2.38. The minimum atomic E-state index is -0.443. The summed E-state index contributed by atoms with van der Waals surface area (Å²) in [6, 6.07) is 8.31. The van der Waals surface area contributed by atoms with E-state index in [2.05, 4.69) is 10.3 Å². The maximum Gasteiger partial charge on any atom is 0.262 e. The van der Waals surface area contributed by atoms with Gasteiger partial charge in [-0.2, -0.15) is 0 Å². The molecule has 3 N–H and O–H groups in total. The van der Waals surface area contributed by atoms with E-state index in [0.29, 0.717) is 11.4 Å². The van der Waals surface area contributed by atoms with E-state index in [1.54, 1.807) is 12.1 Å². The van der Waals surface area contributed by atoms with E-state index in [0.717, 1.165) is 27.4 Å². The van der Waals surface area contributed by atoms with Crippen molar-refractivity contribution in [3.8, 4) is 27.6 Å². The average Bonchev–Trinajstić information content (AvgIpc) is 3.08. The van der Waals surface area contributed by atoms with Crippen LogP contribution in [-0.2, 0) is 4.79 Å². The number of nitrogen functional groups attached to an aromatic ring is 1. The molecule has 0 radical (unpaired) electrons. The number of carbonyl (C=O) groups is 1. The monoisotopic (exact) mass is 355 g/mol. The molecule has 1 aromatic heterocycles. The van der Waals surface area contributed by atoms with Crippen LogP contribution in [0.4, 0.5) is 15.8 Å². The van der Waals surface area contributed by atoms with Crippen LogP contribution in [0.2, 0.25) is 0 Å². The fraction of sp³-hybridized carbons (Fsp3) is 0.111. The maximum atomic E-state index is 13.3. The second-order valence-corrected chi connectivity index (χ2v) is 6.58. The number of ether oxygens (including phenoxy) is 1. The number of amides is 1. The van der Waals surface area contributed by atoms with Crippen molar-refractivity contribution in [2.75, 3.05) is 17.7 Å². The number of nitrogens with one attached hydrogen (secondary N) is 1. The molecule has 2 aromatic carbocycles. The molecule has 1 amide bonds. The first-order valence-corrected chi connectivity index (χ1v) is 8.48. The van der Waals surface area contributed by atoms with Gasteiger partial charge < -0.3 is 15.8 Å². The summed E-state index contributed by atoms with van der Waals surface area (Å²) in [7, 11) is 0. The maximum absolute atomic E-state index is 13.3. The molecule has 2 heterocycles. The van der Waals surface area contributed by atoms with E-state index in [1.807, 2.05) is 24.4 Å². The number of fused-ring (bicyclic) bond motifs is 1. The van der Waals surface area contributed by atoms with Crippen LogP contribution in [-0.4, -0.2) is 17.5 Å². The van der Waals surface area contributed by atoms with E-state index >= 15 is 0 Å². The predicted molar refractivity (Wildman–Crippen MR) is 96.2 cm³/mol. The van der Waals surface area contributed by atoms with Crippen LogP contribution in [0.3, 0.4) is 0 Å². The largest absolute Gasteiger partial charge is 0.482 e. The zero-order chi connectivity index (χ0) is 17.6. The second kappa shape index (κ2) is 5.86. The zero-order valence-corrected chi connectivity index (χ0v) is 14.1. The summed E-state index contributed by atoms with van der Waals surface area (Å²) in [4.78, 5) is 16.2. The van der Waals surface area contributed by atoms with Gasteiger partial charge in [0.2, 0.25) is 0 Å². The highest BCUT2D eigenvalue weighted by molar-refractivity contribution is 7.13. The SMILES string of the molecule is Cc1c(-c2csc(-c3ccc(F)c(N)c3)n2)ccc2c1NC(=O)CO2. The van der Waals surface area contributed by atoms with Crippen LogP contribution in [0.5, 0.6) is 5.75 Å². The van der Waals surface area contributed by atoms with Gasteiger partial charge in [-0.3, -0.25) is 4.79 Å². The molecule has 3 aromatic rings. The van der Waals surface area contributed by atoms with Crippen molar-refractivity contribution in [3.63, 3.8) is 0 Å². The fourth-order valence-corrected chi connectivity index (χ4v) is 3.58. The highest BCUT2D eigenvalue weighted by atomic mass is 32.1. The Labute approximate surface area is 147 Å².